The highest BCUT2D eigenvalue weighted by Gasteiger charge is 2.05. The second-order valence-electron chi connectivity index (χ2n) is 1.75. The first-order chi connectivity index (χ1) is 5.14. The number of imidazole rings is 1. The third-order valence-electron chi connectivity index (χ3n) is 0.998. The lowest BCUT2D eigenvalue weighted by Crippen LogP contribution is -2.26. The van der Waals surface area contributed by atoms with Gasteiger partial charge >= 0.3 is 10.2 Å². The molecule has 62 valence electrons. The maximum Gasteiger partial charge on any atom is 0.301 e. The molecule has 7 heteroatoms. The van der Waals surface area contributed by atoms with Crippen molar-refractivity contribution in [3.05, 3.63) is 12.4 Å². The maximum absolute atomic E-state index is 10.8. The summed E-state index contributed by atoms with van der Waals surface area (Å²) in [6.07, 6.45) is 2.97. The second-order valence-corrected chi connectivity index (χ2v) is 3.37. The fourth-order valence-corrected chi connectivity index (χ4v) is 0.968. The Morgan fingerprint density at radius 2 is 2.36 bits per heavy atom. The van der Waals surface area contributed by atoms with Gasteiger partial charge in [0.1, 0.15) is 0 Å². The summed E-state index contributed by atoms with van der Waals surface area (Å²) < 4.78 is 25.8. The van der Waals surface area contributed by atoms with E-state index >= 15 is 0 Å². The number of aromatic nitrogens is 2. The van der Waals surface area contributed by atoms with Gasteiger partial charge in [-0.05, 0) is 0 Å². The van der Waals surface area contributed by atoms with Gasteiger partial charge in [0.25, 0.3) is 0 Å². The Labute approximate surface area is 64.2 Å². The molecule has 0 aliphatic heterocycles. The molecule has 0 saturated carbocycles. The van der Waals surface area contributed by atoms with Crippen LogP contribution in [0.25, 0.3) is 0 Å². The first-order valence-corrected chi connectivity index (χ1v) is 4.33. The van der Waals surface area contributed by atoms with Crippen LogP contribution in [0, 0.1) is 0 Å². The van der Waals surface area contributed by atoms with Crippen LogP contribution in [0.3, 0.4) is 0 Å². The predicted molar refractivity (Wildman–Crippen MR) is 40.2 cm³/mol. The summed E-state index contributed by atoms with van der Waals surface area (Å²) >= 11 is 0. The van der Waals surface area contributed by atoms with Crippen molar-refractivity contribution in [2.24, 2.45) is 0 Å². The highest BCUT2D eigenvalue weighted by Crippen LogP contribution is 1.96. The van der Waals surface area contributed by atoms with E-state index in [0.717, 1.165) is 0 Å². The van der Waals surface area contributed by atoms with Crippen molar-refractivity contribution in [1.82, 2.24) is 14.7 Å². The summed E-state index contributed by atoms with van der Waals surface area (Å²) in [5.41, 5.74) is 0. The van der Waals surface area contributed by atoms with Crippen LogP contribution in [0.4, 0.5) is 5.95 Å². The van der Waals surface area contributed by atoms with Gasteiger partial charge in [0.15, 0.2) is 0 Å². The number of nitrogens with one attached hydrogen (secondary N) is 3. The maximum atomic E-state index is 10.8. The lowest BCUT2D eigenvalue weighted by molar-refractivity contribution is 0.593. The molecule has 0 amide bonds. The molecule has 0 aliphatic carbocycles. The highest BCUT2D eigenvalue weighted by atomic mass is 32.2. The van der Waals surface area contributed by atoms with Crippen molar-refractivity contribution in [3.63, 3.8) is 0 Å². The van der Waals surface area contributed by atoms with E-state index in [1.165, 1.54) is 19.4 Å². The average molecular weight is 176 g/mol. The summed E-state index contributed by atoms with van der Waals surface area (Å²) in [6, 6.07) is 0. The Hall–Kier alpha value is -1.08. The molecule has 0 aliphatic rings. The summed E-state index contributed by atoms with van der Waals surface area (Å²) in [5.74, 6) is 0.194. The minimum absolute atomic E-state index is 0.194. The van der Waals surface area contributed by atoms with Crippen LogP contribution in [0.1, 0.15) is 0 Å². The van der Waals surface area contributed by atoms with E-state index in [4.69, 9.17) is 0 Å². The van der Waals surface area contributed by atoms with Gasteiger partial charge in [-0.2, -0.15) is 8.42 Å². The Morgan fingerprint density at radius 3 is 2.82 bits per heavy atom. The molecule has 3 N–H and O–H groups in total. The lowest BCUT2D eigenvalue weighted by atomic mass is 11.0. The van der Waals surface area contributed by atoms with Crippen molar-refractivity contribution >= 4 is 16.2 Å². The number of nitrogens with zero attached hydrogens (tertiary/aromatic N) is 1. The molecule has 0 unspecified atom stereocenters. The van der Waals surface area contributed by atoms with E-state index in [-0.39, 0.29) is 5.95 Å². The summed E-state index contributed by atoms with van der Waals surface area (Å²) in [6.45, 7) is 0. The Bertz CT molecular complexity index is 303. The Kier molecular flexibility index (Phi) is 2.11. The number of H-pyrrole nitrogens is 1. The third kappa shape index (κ3) is 2.20. The third-order valence-corrected chi connectivity index (χ3v) is 2.00. The van der Waals surface area contributed by atoms with E-state index in [1.54, 1.807) is 0 Å². The van der Waals surface area contributed by atoms with Gasteiger partial charge < -0.3 is 4.98 Å². The molecule has 0 saturated heterocycles. The molecule has 11 heavy (non-hydrogen) atoms. The van der Waals surface area contributed by atoms with E-state index in [9.17, 15) is 8.42 Å². The standard InChI is InChI=1S/C4H8N4O2S/c1-5-11(9,10)8-4-6-2-3-7-4/h2-3,5H,1H3,(H2,6,7,8). The molecular formula is C4H8N4O2S. The minimum atomic E-state index is -3.44. The minimum Gasteiger partial charge on any atom is -0.330 e. The summed E-state index contributed by atoms with van der Waals surface area (Å²) in [5, 5.41) is 0. The monoisotopic (exact) mass is 176 g/mol. The smallest absolute Gasteiger partial charge is 0.301 e. The average Bonchev–Trinajstić information content (AvgIpc) is 2.39. The van der Waals surface area contributed by atoms with Gasteiger partial charge in [-0.25, -0.2) is 14.4 Å². The van der Waals surface area contributed by atoms with Crippen molar-refractivity contribution in [1.29, 1.82) is 0 Å². The number of hydrogen-bond acceptors (Lipinski definition) is 3. The molecule has 1 aromatic heterocycles. The summed E-state index contributed by atoms with van der Waals surface area (Å²) in [7, 11) is -2.13. The fourth-order valence-electron chi connectivity index (χ4n) is 0.499. The quantitative estimate of drug-likeness (QED) is 0.568. The molecule has 1 aromatic rings. The van der Waals surface area contributed by atoms with Gasteiger partial charge in [-0.15, -0.1) is 0 Å². The van der Waals surface area contributed by atoms with E-state index in [1.807, 2.05) is 0 Å². The largest absolute Gasteiger partial charge is 0.330 e. The molecule has 1 rings (SSSR count). The van der Waals surface area contributed by atoms with Crippen molar-refractivity contribution in [2.45, 2.75) is 0 Å². The number of rotatable bonds is 3. The molecule has 0 fully saturated rings. The summed E-state index contributed by atoms with van der Waals surface area (Å²) in [4.78, 5) is 6.25. The van der Waals surface area contributed by atoms with Crippen LogP contribution in [0.15, 0.2) is 12.4 Å². The fraction of sp³-hybridized carbons (Fsp3) is 0.250. The van der Waals surface area contributed by atoms with E-state index in [2.05, 4.69) is 19.4 Å². The van der Waals surface area contributed by atoms with Gasteiger partial charge in [0.2, 0.25) is 5.95 Å². The van der Waals surface area contributed by atoms with Gasteiger partial charge in [0.05, 0.1) is 0 Å². The first-order valence-electron chi connectivity index (χ1n) is 2.85. The normalized spacial score (nSPS) is 11.4. The van der Waals surface area contributed by atoms with Crippen LogP contribution in [-0.4, -0.2) is 25.4 Å². The predicted octanol–water partition coefficient (Wildman–Crippen LogP) is -0.714. The Morgan fingerprint density at radius 1 is 1.64 bits per heavy atom. The molecule has 6 nitrogen and oxygen atoms in total. The van der Waals surface area contributed by atoms with Crippen LogP contribution >= 0.6 is 0 Å². The molecule has 0 aromatic carbocycles. The lowest BCUT2D eigenvalue weighted by Gasteiger charge is -2.00. The molecule has 0 spiro atoms. The van der Waals surface area contributed by atoms with Crippen molar-refractivity contribution in [2.75, 3.05) is 11.8 Å². The van der Waals surface area contributed by atoms with Gasteiger partial charge in [-0.3, -0.25) is 0 Å². The SMILES string of the molecule is CNS(=O)(=O)Nc1ncc[nH]1. The number of aromatic amines is 1. The molecule has 0 radical (unpaired) electrons. The van der Waals surface area contributed by atoms with Crippen LogP contribution in [-0.2, 0) is 10.2 Å². The number of hydrogen-bond donors (Lipinski definition) is 3. The van der Waals surface area contributed by atoms with Crippen LogP contribution in [0.5, 0.6) is 0 Å². The van der Waals surface area contributed by atoms with Crippen molar-refractivity contribution in [3.8, 4) is 0 Å². The van der Waals surface area contributed by atoms with Crippen LogP contribution < -0.4 is 9.44 Å². The molecule has 0 bridgehead atoms. The number of anilines is 1. The zero-order valence-corrected chi connectivity index (χ0v) is 6.64. The Balaban J connectivity index is 2.72. The molecule has 1 heterocycles. The van der Waals surface area contributed by atoms with E-state index < -0.39 is 10.2 Å². The molecule has 0 atom stereocenters. The second kappa shape index (κ2) is 2.89. The van der Waals surface area contributed by atoms with Gasteiger partial charge in [0, 0.05) is 19.4 Å². The van der Waals surface area contributed by atoms with Crippen LogP contribution in [0.2, 0.25) is 0 Å². The van der Waals surface area contributed by atoms with Gasteiger partial charge in [-0.1, -0.05) is 0 Å². The van der Waals surface area contributed by atoms with E-state index in [0.29, 0.717) is 0 Å². The topological polar surface area (TPSA) is 86.9 Å². The first kappa shape index (κ1) is 8.02. The zero-order chi connectivity index (χ0) is 8.32. The van der Waals surface area contributed by atoms with Crippen molar-refractivity contribution < 1.29 is 8.42 Å². The zero-order valence-electron chi connectivity index (χ0n) is 5.83. The highest BCUT2D eigenvalue weighted by molar-refractivity contribution is 7.90. The molecular weight excluding hydrogens is 168 g/mol.